The number of hydrogen-bond acceptors (Lipinski definition) is 3. The number of amides is 1. The van der Waals surface area contributed by atoms with Crippen LogP contribution in [0, 0.1) is 5.92 Å². The normalized spacial score (nSPS) is 30.1. The van der Waals surface area contributed by atoms with Crippen molar-refractivity contribution >= 4 is 5.91 Å². The first-order chi connectivity index (χ1) is 9.00. The number of carbonyl (C=O) groups excluding carboxylic acids is 1. The molecule has 2 atom stereocenters. The largest absolute Gasteiger partial charge is 0.352 e. The van der Waals surface area contributed by atoms with Gasteiger partial charge in [-0.1, -0.05) is 19.8 Å². The van der Waals surface area contributed by atoms with Gasteiger partial charge in [0, 0.05) is 32.2 Å². The van der Waals surface area contributed by atoms with Gasteiger partial charge >= 0.3 is 0 Å². The molecule has 4 nitrogen and oxygen atoms in total. The van der Waals surface area contributed by atoms with Gasteiger partial charge in [-0.25, -0.2) is 0 Å². The molecule has 1 saturated heterocycles. The number of nitrogens with zero attached hydrogens (tertiary/aromatic N) is 1. The van der Waals surface area contributed by atoms with E-state index in [0.29, 0.717) is 6.04 Å². The van der Waals surface area contributed by atoms with Crippen molar-refractivity contribution in [3.63, 3.8) is 0 Å². The van der Waals surface area contributed by atoms with Gasteiger partial charge in [0.05, 0.1) is 5.54 Å². The maximum atomic E-state index is 12.6. The molecule has 1 saturated carbocycles. The second kappa shape index (κ2) is 6.23. The summed E-state index contributed by atoms with van der Waals surface area (Å²) in [6.45, 7) is 10.3. The molecule has 0 spiro atoms. The molecule has 2 aliphatic rings. The topological polar surface area (TPSA) is 44.4 Å². The summed E-state index contributed by atoms with van der Waals surface area (Å²) in [5, 5.41) is 6.63. The molecule has 0 radical (unpaired) electrons. The molecule has 1 aliphatic heterocycles. The summed E-state index contributed by atoms with van der Waals surface area (Å²) >= 11 is 0. The molecule has 1 heterocycles. The lowest BCUT2D eigenvalue weighted by Gasteiger charge is -2.41. The van der Waals surface area contributed by atoms with Crippen molar-refractivity contribution in [3.05, 3.63) is 0 Å². The van der Waals surface area contributed by atoms with Crippen molar-refractivity contribution < 1.29 is 4.79 Å². The Kier molecular flexibility index (Phi) is 4.85. The van der Waals surface area contributed by atoms with Crippen molar-refractivity contribution in [1.82, 2.24) is 15.5 Å². The Morgan fingerprint density at radius 1 is 1.26 bits per heavy atom. The molecule has 1 aliphatic carbocycles. The molecule has 2 N–H and O–H groups in total. The van der Waals surface area contributed by atoms with Crippen LogP contribution < -0.4 is 10.6 Å². The van der Waals surface area contributed by atoms with E-state index in [4.69, 9.17) is 0 Å². The van der Waals surface area contributed by atoms with Crippen LogP contribution in [0.1, 0.15) is 46.5 Å². The fourth-order valence-corrected chi connectivity index (χ4v) is 3.29. The van der Waals surface area contributed by atoms with Gasteiger partial charge in [0.2, 0.25) is 5.91 Å². The van der Waals surface area contributed by atoms with Crippen LogP contribution in [0.4, 0.5) is 0 Å². The van der Waals surface area contributed by atoms with Crippen LogP contribution in [-0.4, -0.2) is 48.6 Å². The summed E-state index contributed by atoms with van der Waals surface area (Å²) in [6, 6.07) is 0.387. The lowest BCUT2D eigenvalue weighted by Crippen LogP contribution is -2.61. The van der Waals surface area contributed by atoms with Crippen LogP contribution in [0.25, 0.3) is 0 Å². The van der Waals surface area contributed by atoms with E-state index in [0.717, 1.165) is 44.9 Å². The fraction of sp³-hybridized carbons (Fsp3) is 0.933. The molecular formula is C15H29N3O. The second-order valence-electron chi connectivity index (χ2n) is 6.74. The third-order valence-electron chi connectivity index (χ3n) is 4.73. The van der Waals surface area contributed by atoms with Crippen LogP contribution in [0.15, 0.2) is 0 Å². The SMILES string of the molecule is CC1CCCC(NC(=O)C(C)(C)N2CCNCC2)C1. The minimum Gasteiger partial charge on any atom is -0.352 e. The average molecular weight is 267 g/mol. The lowest BCUT2D eigenvalue weighted by atomic mass is 9.86. The zero-order valence-corrected chi connectivity index (χ0v) is 12.7. The van der Waals surface area contributed by atoms with Crippen LogP contribution in [0.3, 0.4) is 0 Å². The van der Waals surface area contributed by atoms with Gasteiger partial charge in [0.1, 0.15) is 0 Å². The molecule has 2 fully saturated rings. The Morgan fingerprint density at radius 3 is 2.58 bits per heavy atom. The van der Waals surface area contributed by atoms with Crippen LogP contribution >= 0.6 is 0 Å². The van der Waals surface area contributed by atoms with E-state index in [-0.39, 0.29) is 11.4 Å². The van der Waals surface area contributed by atoms with E-state index < -0.39 is 0 Å². The molecule has 1 amide bonds. The molecule has 110 valence electrons. The number of piperazine rings is 1. The first kappa shape index (κ1) is 14.8. The van der Waals surface area contributed by atoms with Gasteiger partial charge in [0.25, 0.3) is 0 Å². The smallest absolute Gasteiger partial charge is 0.240 e. The molecule has 0 aromatic heterocycles. The Bertz CT molecular complexity index is 311. The molecule has 19 heavy (non-hydrogen) atoms. The van der Waals surface area contributed by atoms with Gasteiger partial charge in [-0.05, 0) is 32.6 Å². The van der Waals surface area contributed by atoms with Crippen LogP contribution in [-0.2, 0) is 4.79 Å². The zero-order chi connectivity index (χ0) is 13.9. The summed E-state index contributed by atoms with van der Waals surface area (Å²) in [5.41, 5.74) is -0.386. The van der Waals surface area contributed by atoms with Crippen molar-refractivity contribution in [2.75, 3.05) is 26.2 Å². The number of carbonyl (C=O) groups is 1. The third-order valence-corrected chi connectivity index (χ3v) is 4.73. The highest BCUT2D eigenvalue weighted by atomic mass is 16.2. The Labute approximate surface area is 117 Å². The maximum absolute atomic E-state index is 12.6. The Hall–Kier alpha value is -0.610. The highest BCUT2D eigenvalue weighted by Gasteiger charge is 2.36. The van der Waals surface area contributed by atoms with E-state index in [9.17, 15) is 4.79 Å². The first-order valence-electron chi connectivity index (χ1n) is 7.77. The molecule has 0 aromatic rings. The van der Waals surface area contributed by atoms with Gasteiger partial charge < -0.3 is 10.6 Å². The molecule has 0 aromatic carbocycles. The van der Waals surface area contributed by atoms with Crippen molar-refractivity contribution in [2.45, 2.75) is 58.0 Å². The third kappa shape index (κ3) is 3.69. The van der Waals surface area contributed by atoms with Crippen molar-refractivity contribution in [2.24, 2.45) is 5.92 Å². The minimum atomic E-state index is -0.386. The lowest BCUT2D eigenvalue weighted by molar-refractivity contribution is -0.133. The van der Waals surface area contributed by atoms with Crippen molar-refractivity contribution in [3.8, 4) is 0 Å². The molecule has 2 rings (SSSR count). The second-order valence-corrected chi connectivity index (χ2v) is 6.74. The van der Waals surface area contributed by atoms with E-state index in [1.807, 2.05) is 0 Å². The van der Waals surface area contributed by atoms with Crippen LogP contribution in [0.2, 0.25) is 0 Å². The summed E-state index contributed by atoms with van der Waals surface area (Å²) in [5.74, 6) is 0.954. The summed E-state index contributed by atoms with van der Waals surface area (Å²) in [4.78, 5) is 14.9. The quantitative estimate of drug-likeness (QED) is 0.811. The fourth-order valence-electron chi connectivity index (χ4n) is 3.29. The number of rotatable bonds is 3. The van der Waals surface area contributed by atoms with E-state index in [1.54, 1.807) is 0 Å². The standard InChI is InChI=1S/C15H29N3O/c1-12-5-4-6-13(11-12)17-14(19)15(2,3)18-9-7-16-8-10-18/h12-13,16H,4-11H2,1-3H3,(H,17,19). The highest BCUT2D eigenvalue weighted by molar-refractivity contribution is 5.85. The van der Waals surface area contributed by atoms with Crippen molar-refractivity contribution in [1.29, 1.82) is 0 Å². The molecule has 0 bridgehead atoms. The van der Waals surface area contributed by atoms with E-state index in [1.165, 1.54) is 12.8 Å². The monoisotopic (exact) mass is 267 g/mol. The zero-order valence-electron chi connectivity index (χ0n) is 12.7. The van der Waals surface area contributed by atoms with Gasteiger partial charge in [-0.2, -0.15) is 0 Å². The van der Waals surface area contributed by atoms with E-state index in [2.05, 4.69) is 36.3 Å². The molecular weight excluding hydrogens is 238 g/mol. The number of hydrogen-bond donors (Lipinski definition) is 2. The molecule has 4 heteroatoms. The summed E-state index contributed by atoms with van der Waals surface area (Å²) < 4.78 is 0. The average Bonchev–Trinajstić information content (AvgIpc) is 2.39. The number of nitrogens with one attached hydrogen (secondary N) is 2. The predicted molar refractivity (Wildman–Crippen MR) is 78.1 cm³/mol. The highest BCUT2D eigenvalue weighted by Crippen LogP contribution is 2.24. The maximum Gasteiger partial charge on any atom is 0.240 e. The minimum absolute atomic E-state index is 0.202. The molecule has 2 unspecified atom stereocenters. The Balaban J connectivity index is 1.89. The van der Waals surface area contributed by atoms with Crippen LogP contribution in [0.5, 0.6) is 0 Å². The predicted octanol–water partition coefficient (Wildman–Crippen LogP) is 1.37. The summed E-state index contributed by atoms with van der Waals surface area (Å²) in [6.07, 6.45) is 4.85. The summed E-state index contributed by atoms with van der Waals surface area (Å²) in [7, 11) is 0. The Morgan fingerprint density at radius 2 is 1.95 bits per heavy atom. The van der Waals surface area contributed by atoms with E-state index >= 15 is 0 Å². The van der Waals surface area contributed by atoms with Gasteiger partial charge in [-0.15, -0.1) is 0 Å². The van der Waals surface area contributed by atoms with Gasteiger partial charge in [0.15, 0.2) is 0 Å². The first-order valence-corrected chi connectivity index (χ1v) is 7.77. The van der Waals surface area contributed by atoms with Gasteiger partial charge in [-0.3, -0.25) is 9.69 Å².